The van der Waals surface area contributed by atoms with E-state index in [2.05, 4.69) is 25.3 Å². The zero-order valence-corrected chi connectivity index (χ0v) is 19.6. The number of fused-ring (bicyclic) bond motifs is 3. The van der Waals surface area contributed by atoms with E-state index < -0.39 is 36.1 Å². The molecule has 1 N–H and O–H groups in total. The van der Waals surface area contributed by atoms with Gasteiger partial charge in [0.25, 0.3) is 0 Å². The number of piperidine rings is 1. The maximum Gasteiger partial charge on any atom is 0.433 e. The zero-order valence-electron chi connectivity index (χ0n) is 18.9. The summed E-state index contributed by atoms with van der Waals surface area (Å²) >= 11 is 6.12. The highest BCUT2D eigenvalue weighted by Crippen LogP contribution is 2.41. The van der Waals surface area contributed by atoms with Crippen LogP contribution in [0.3, 0.4) is 0 Å². The SMILES string of the molecule is Cc1cc(N2C[C@H]3CC[C@@H](C2)C3Nc2nc3c(OCC(F)(F)F)ccc(C(F)(F)F)n3n2)cc(Cl)n1. The summed E-state index contributed by atoms with van der Waals surface area (Å²) in [4.78, 5) is 10.5. The summed E-state index contributed by atoms with van der Waals surface area (Å²) in [6.07, 6.45) is -7.65. The van der Waals surface area contributed by atoms with Crippen LogP contribution in [-0.2, 0) is 6.18 Å². The molecular weight excluding hydrogens is 514 g/mol. The molecule has 0 amide bonds. The third kappa shape index (κ3) is 4.97. The molecule has 1 aliphatic carbocycles. The van der Waals surface area contributed by atoms with Gasteiger partial charge in [0.15, 0.2) is 18.0 Å². The minimum absolute atomic E-state index is 0.0956. The molecule has 194 valence electrons. The van der Waals surface area contributed by atoms with E-state index in [-0.39, 0.29) is 23.8 Å². The average Bonchev–Trinajstić information content (AvgIpc) is 3.26. The fourth-order valence-corrected chi connectivity index (χ4v) is 5.34. The highest BCUT2D eigenvalue weighted by molar-refractivity contribution is 6.29. The molecule has 7 nitrogen and oxygen atoms in total. The standard InChI is InChI=1S/C22H21ClF6N6O/c1-11-6-14(7-17(23)30-11)34-8-12-2-3-13(9-34)18(12)31-20-32-19-15(36-10-21(24,25)26)4-5-16(22(27,28)29)35(19)33-20/h4-7,12-13,18H,2-3,8-10H2,1H3,(H,31,33)/t12-,13+,18?. The van der Waals surface area contributed by atoms with Crippen molar-refractivity contribution in [3.05, 3.63) is 40.8 Å². The Kier molecular flexibility index (Phi) is 6.08. The zero-order chi connectivity index (χ0) is 25.8. The van der Waals surface area contributed by atoms with E-state index in [0.717, 1.165) is 30.3 Å². The monoisotopic (exact) mass is 534 g/mol. The molecule has 0 spiro atoms. The molecular formula is C22H21ClF6N6O. The van der Waals surface area contributed by atoms with Crippen LogP contribution in [0.2, 0.25) is 5.15 Å². The number of nitrogens with zero attached hydrogens (tertiary/aromatic N) is 5. The lowest BCUT2D eigenvalue weighted by molar-refractivity contribution is -0.153. The summed E-state index contributed by atoms with van der Waals surface area (Å²) in [5.41, 5.74) is 0.140. The molecule has 2 bridgehead atoms. The Balaban J connectivity index is 1.40. The first-order valence-corrected chi connectivity index (χ1v) is 11.6. The van der Waals surface area contributed by atoms with Gasteiger partial charge in [-0.1, -0.05) is 11.6 Å². The normalized spacial score (nSPS) is 22.3. The third-order valence-corrected chi connectivity index (χ3v) is 6.73. The predicted molar refractivity (Wildman–Crippen MR) is 119 cm³/mol. The second-order valence-electron chi connectivity index (χ2n) is 9.12. The number of halogens is 7. The lowest BCUT2D eigenvalue weighted by atomic mass is 9.92. The number of rotatable bonds is 5. The molecule has 14 heteroatoms. The average molecular weight is 535 g/mol. The Morgan fingerprint density at radius 3 is 2.36 bits per heavy atom. The van der Waals surface area contributed by atoms with Crippen LogP contribution < -0.4 is 15.0 Å². The first kappa shape index (κ1) is 24.7. The lowest BCUT2D eigenvalue weighted by Gasteiger charge is -2.39. The Hall–Kier alpha value is -2.96. The first-order chi connectivity index (χ1) is 16.9. The number of nitrogens with one attached hydrogen (secondary N) is 1. The van der Waals surface area contributed by atoms with Gasteiger partial charge < -0.3 is 15.0 Å². The summed E-state index contributed by atoms with van der Waals surface area (Å²) in [5.74, 6) is -0.221. The van der Waals surface area contributed by atoms with Crippen LogP contribution in [0.15, 0.2) is 24.3 Å². The smallest absolute Gasteiger partial charge is 0.433 e. The fraction of sp³-hybridized carbons (Fsp3) is 0.500. The van der Waals surface area contributed by atoms with Crippen molar-refractivity contribution < 1.29 is 31.1 Å². The van der Waals surface area contributed by atoms with Gasteiger partial charge in [0.05, 0.1) is 0 Å². The van der Waals surface area contributed by atoms with E-state index >= 15 is 0 Å². The van der Waals surface area contributed by atoms with Crippen LogP contribution in [0.25, 0.3) is 5.65 Å². The summed E-state index contributed by atoms with van der Waals surface area (Å²) < 4.78 is 83.7. The maximum atomic E-state index is 13.5. The van der Waals surface area contributed by atoms with Crippen molar-refractivity contribution in [2.45, 2.75) is 38.2 Å². The van der Waals surface area contributed by atoms with Crippen LogP contribution in [0.4, 0.5) is 38.0 Å². The number of pyridine rings is 2. The molecule has 3 aromatic rings. The van der Waals surface area contributed by atoms with Gasteiger partial charge in [-0.3, -0.25) is 0 Å². The molecule has 0 aromatic carbocycles. The number of alkyl halides is 6. The van der Waals surface area contributed by atoms with Crippen molar-refractivity contribution in [3.8, 4) is 5.75 Å². The van der Waals surface area contributed by atoms with Gasteiger partial charge >= 0.3 is 12.4 Å². The largest absolute Gasteiger partial charge is 0.480 e. The van der Waals surface area contributed by atoms with Gasteiger partial charge in [-0.15, -0.1) is 5.10 Å². The lowest BCUT2D eigenvalue weighted by Crippen LogP contribution is -2.48. The van der Waals surface area contributed by atoms with Crippen molar-refractivity contribution in [3.63, 3.8) is 0 Å². The minimum atomic E-state index is -4.79. The number of aromatic nitrogens is 4. The van der Waals surface area contributed by atoms with E-state index in [0.29, 0.717) is 28.8 Å². The van der Waals surface area contributed by atoms with Gasteiger partial charge in [-0.25, -0.2) is 9.50 Å². The van der Waals surface area contributed by atoms with Crippen LogP contribution in [-0.4, -0.2) is 51.5 Å². The molecule has 1 saturated heterocycles. The van der Waals surface area contributed by atoms with Crippen molar-refractivity contribution in [2.24, 2.45) is 11.8 Å². The van der Waals surface area contributed by atoms with Crippen LogP contribution in [0.1, 0.15) is 24.2 Å². The quantitative estimate of drug-likeness (QED) is 0.350. The summed E-state index contributed by atoms with van der Waals surface area (Å²) in [6.45, 7) is 1.57. The van der Waals surface area contributed by atoms with E-state index in [1.165, 1.54) is 0 Å². The topological polar surface area (TPSA) is 67.6 Å². The molecule has 1 unspecified atom stereocenters. The minimum Gasteiger partial charge on any atom is -0.480 e. The first-order valence-electron chi connectivity index (χ1n) is 11.2. The van der Waals surface area contributed by atoms with Crippen molar-refractivity contribution >= 4 is 28.9 Å². The molecule has 5 rings (SSSR count). The molecule has 1 aliphatic heterocycles. The third-order valence-electron chi connectivity index (χ3n) is 6.53. The molecule has 1 saturated carbocycles. The second kappa shape index (κ2) is 8.86. The number of anilines is 2. The Morgan fingerprint density at radius 2 is 1.75 bits per heavy atom. The van der Waals surface area contributed by atoms with Gasteiger partial charge in [-0.05, 0) is 55.9 Å². The summed E-state index contributed by atoms with van der Waals surface area (Å²) in [5, 5.41) is 7.50. The number of aryl methyl sites for hydroxylation is 1. The highest BCUT2D eigenvalue weighted by Gasteiger charge is 2.43. The Morgan fingerprint density at radius 1 is 1.06 bits per heavy atom. The molecule has 2 fully saturated rings. The molecule has 0 radical (unpaired) electrons. The number of hydrogen-bond acceptors (Lipinski definition) is 6. The summed E-state index contributed by atoms with van der Waals surface area (Å²) in [7, 11) is 0. The molecule has 3 atom stereocenters. The van der Waals surface area contributed by atoms with Gasteiger partial charge in [0.1, 0.15) is 10.8 Å². The van der Waals surface area contributed by atoms with Crippen LogP contribution in [0.5, 0.6) is 5.75 Å². The molecule has 2 aliphatic rings. The Labute approximate surface area is 206 Å². The van der Waals surface area contributed by atoms with Crippen molar-refractivity contribution in [2.75, 3.05) is 29.9 Å². The molecule has 36 heavy (non-hydrogen) atoms. The molecule has 4 heterocycles. The van der Waals surface area contributed by atoms with E-state index in [1.54, 1.807) is 6.07 Å². The van der Waals surface area contributed by atoms with Crippen LogP contribution >= 0.6 is 11.6 Å². The van der Waals surface area contributed by atoms with Crippen molar-refractivity contribution in [1.82, 2.24) is 19.6 Å². The highest BCUT2D eigenvalue weighted by atomic mass is 35.5. The van der Waals surface area contributed by atoms with E-state index in [9.17, 15) is 26.3 Å². The van der Waals surface area contributed by atoms with Crippen LogP contribution in [0, 0.1) is 18.8 Å². The maximum absolute atomic E-state index is 13.5. The number of ether oxygens (including phenoxy) is 1. The van der Waals surface area contributed by atoms with Crippen molar-refractivity contribution in [1.29, 1.82) is 0 Å². The van der Waals surface area contributed by atoms with E-state index in [1.807, 2.05) is 13.0 Å². The summed E-state index contributed by atoms with van der Waals surface area (Å²) in [6, 6.07) is 5.09. The van der Waals surface area contributed by atoms with E-state index in [4.69, 9.17) is 16.3 Å². The predicted octanol–water partition coefficient (Wildman–Crippen LogP) is 5.37. The van der Waals surface area contributed by atoms with Gasteiger partial charge in [0, 0.05) is 30.5 Å². The van der Waals surface area contributed by atoms with Gasteiger partial charge in [-0.2, -0.15) is 31.3 Å². The number of hydrogen-bond donors (Lipinski definition) is 1. The second-order valence-corrected chi connectivity index (χ2v) is 9.50. The fourth-order valence-electron chi connectivity index (χ4n) is 5.10. The van der Waals surface area contributed by atoms with Gasteiger partial charge in [0.2, 0.25) is 5.95 Å². The Bertz CT molecular complexity index is 1240. The molecule has 3 aromatic heterocycles.